The predicted molar refractivity (Wildman–Crippen MR) is 207 cm³/mol. The Bertz CT molecular complexity index is 2740. The molecule has 6 aromatic carbocycles. The van der Waals surface area contributed by atoms with E-state index in [-0.39, 0.29) is 10.8 Å². The van der Waals surface area contributed by atoms with E-state index in [4.69, 9.17) is 0 Å². The molecule has 0 aliphatic carbocycles. The minimum absolute atomic E-state index is 0.0535. The first-order valence-corrected chi connectivity index (χ1v) is 17.1. The highest BCUT2D eigenvalue weighted by Crippen LogP contribution is 2.42. The van der Waals surface area contributed by atoms with Crippen LogP contribution in [0.5, 0.6) is 0 Å². The molecule has 0 saturated carbocycles. The topological polar surface area (TPSA) is 57.4 Å². The number of hydrogen-bond donors (Lipinski definition) is 0. The highest BCUT2D eigenvalue weighted by molar-refractivity contribution is 6.12. The smallest absolute Gasteiger partial charge is 0.0998 e. The predicted octanol–water partition coefficient (Wildman–Crippen LogP) is 11.9. The molecule has 0 spiro atoms. The maximum absolute atomic E-state index is 10.8. The zero-order valence-corrected chi connectivity index (χ0v) is 29.3. The van der Waals surface area contributed by atoms with Crippen LogP contribution in [-0.2, 0) is 10.8 Å². The normalized spacial score (nSPS) is 12.2. The summed E-state index contributed by atoms with van der Waals surface area (Å²) in [7, 11) is 0. The van der Waals surface area contributed by atoms with Crippen molar-refractivity contribution >= 4 is 43.6 Å². The van der Waals surface area contributed by atoms with Gasteiger partial charge in [-0.2, -0.15) is 10.5 Å². The van der Waals surface area contributed by atoms with Gasteiger partial charge in [0, 0.05) is 27.1 Å². The van der Waals surface area contributed by atoms with Crippen LogP contribution in [0.15, 0.2) is 121 Å². The van der Waals surface area contributed by atoms with E-state index in [0.717, 1.165) is 50.0 Å². The SMILES string of the molecule is CC(C)(C)c1ccc2c3ccccc3n(-c3cc(C#N)c(-c4cccc(C#N)c4)cc3-n3c4ccccc4c4ccc(C(C)(C)C)cc43)c2c1. The van der Waals surface area contributed by atoms with Crippen molar-refractivity contribution in [2.45, 2.75) is 52.4 Å². The Balaban J connectivity index is 1.59. The average molecular weight is 647 g/mol. The van der Waals surface area contributed by atoms with Crippen molar-refractivity contribution in [1.29, 1.82) is 10.5 Å². The van der Waals surface area contributed by atoms with Gasteiger partial charge in [0.25, 0.3) is 0 Å². The summed E-state index contributed by atoms with van der Waals surface area (Å²) in [5.74, 6) is 0. The lowest BCUT2D eigenvalue weighted by molar-refractivity contribution is 0.590. The number of nitrogens with zero attached hydrogens (tertiary/aromatic N) is 4. The first kappa shape index (κ1) is 31.2. The quantitative estimate of drug-likeness (QED) is 0.192. The van der Waals surface area contributed by atoms with E-state index in [1.807, 2.05) is 24.3 Å². The van der Waals surface area contributed by atoms with Crippen molar-refractivity contribution in [3.63, 3.8) is 0 Å². The van der Waals surface area contributed by atoms with Crippen LogP contribution in [0.3, 0.4) is 0 Å². The molecule has 2 aromatic heterocycles. The summed E-state index contributed by atoms with van der Waals surface area (Å²) >= 11 is 0. The largest absolute Gasteiger partial charge is 0.307 e. The van der Waals surface area contributed by atoms with Crippen LogP contribution >= 0.6 is 0 Å². The fourth-order valence-electron chi connectivity index (χ4n) is 7.42. The van der Waals surface area contributed by atoms with Gasteiger partial charge in [-0.25, -0.2) is 0 Å². The molecule has 4 heteroatoms. The first-order chi connectivity index (χ1) is 24.0. The van der Waals surface area contributed by atoms with Crippen molar-refractivity contribution in [2.24, 2.45) is 0 Å². The Morgan fingerprint density at radius 1 is 0.460 bits per heavy atom. The van der Waals surface area contributed by atoms with Gasteiger partial charge >= 0.3 is 0 Å². The summed E-state index contributed by atoms with van der Waals surface area (Å²) in [6.07, 6.45) is 0. The van der Waals surface area contributed by atoms with Gasteiger partial charge in [-0.05, 0) is 76.1 Å². The summed E-state index contributed by atoms with van der Waals surface area (Å²) in [5.41, 5.74) is 11.4. The van der Waals surface area contributed by atoms with Gasteiger partial charge in [-0.3, -0.25) is 0 Å². The number of fused-ring (bicyclic) bond motifs is 6. The maximum atomic E-state index is 10.8. The van der Waals surface area contributed by atoms with Gasteiger partial charge in [-0.15, -0.1) is 0 Å². The first-order valence-electron chi connectivity index (χ1n) is 17.1. The number of nitriles is 2. The Morgan fingerprint density at radius 2 is 0.960 bits per heavy atom. The molecule has 0 bridgehead atoms. The molecule has 0 atom stereocenters. The van der Waals surface area contributed by atoms with Crippen molar-refractivity contribution in [3.8, 4) is 34.6 Å². The molecule has 4 nitrogen and oxygen atoms in total. The number of aromatic nitrogens is 2. The highest BCUT2D eigenvalue weighted by atomic mass is 15.1. The average Bonchev–Trinajstić information content (AvgIpc) is 3.62. The number of para-hydroxylation sites is 2. The summed E-state index contributed by atoms with van der Waals surface area (Å²) < 4.78 is 4.72. The molecule has 0 radical (unpaired) electrons. The second-order valence-electron chi connectivity index (χ2n) is 15.4. The lowest BCUT2D eigenvalue weighted by atomic mass is 9.86. The molecule has 0 amide bonds. The van der Waals surface area contributed by atoms with Crippen molar-refractivity contribution in [3.05, 3.63) is 144 Å². The van der Waals surface area contributed by atoms with Crippen LogP contribution in [0, 0.1) is 22.7 Å². The summed E-state index contributed by atoms with van der Waals surface area (Å²) in [5, 5.41) is 25.2. The van der Waals surface area contributed by atoms with Gasteiger partial charge in [0.2, 0.25) is 0 Å². The van der Waals surface area contributed by atoms with Gasteiger partial charge in [0.05, 0.1) is 56.7 Å². The molecule has 0 aliphatic heterocycles. The third kappa shape index (κ3) is 4.88. The van der Waals surface area contributed by atoms with Crippen molar-refractivity contribution in [1.82, 2.24) is 9.13 Å². The van der Waals surface area contributed by atoms with Crippen LogP contribution in [0.25, 0.3) is 66.1 Å². The Hall–Kier alpha value is -6.10. The molecule has 50 heavy (non-hydrogen) atoms. The minimum Gasteiger partial charge on any atom is -0.307 e. The molecule has 0 aliphatic rings. The number of benzene rings is 6. The van der Waals surface area contributed by atoms with Crippen LogP contribution in [0.4, 0.5) is 0 Å². The van der Waals surface area contributed by atoms with E-state index in [2.05, 4.69) is 154 Å². The number of rotatable bonds is 3. The maximum Gasteiger partial charge on any atom is 0.0998 e. The fraction of sp³-hybridized carbons (Fsp3) is 0.174. The van der Waals surface area contributed by atoms with E-state index in [1.54, 1.807) is 6.07 Å². The van der Waals surface area contributed by atoms with Crippen molar-refractivity contribution in [2.75, 3.05) is 0 Å². The van der Waals surface area contributed by atoms with Crippen LogP contribution < -0.4 is 0 Å². The lowest BCUT2D eigenvalue weighted by Crippen LogP contribution is -2.11. The minimum atomic E-state index is -0.0536. The molecular weight excluding hydrogens is 609 g/mol. The molecule has 8 aromatic rings. The van der Waals surface area contributed by atoms with E-state index < -0.39 is 0 Å². The summed E-state index contributed by atoms with van der Waals surface area (Å²) in [6.45, 7) is 13.5. The molecule has 0 saturated heterocycles. The van der Waals surface area contributed by atoms with Crippen LogP contribution in [0.2, 0.25) is 0 Å². The Kier molecular flexibility index (Phi) is 7.00. The highest BCUT2D eigenvalue weighted by Gasteiger charge is 2.24. The third-order valence-electron chi connectivity index (χ3n) is 10.1. The molecule has 2 heterocycles. The van der Waals surface area contributed by atoms with E-state index in [1.165, 1.54) is 27.3 Å². The molecule has 0 fully saturated rings. The van der Waals surface area contributed by atoms with Gasteiger partial charge in [0.1, 0.15) is 0 Å². The van der Waals surface area contributed by atoms with Crippen molar-refractivity contribution < 1.29 is 0 Å². The molecule has 0 unspecified atom stereocenters. The van der Waals surface area contributed by atoms with Gasteiger partial charge in [-0.1, -0.05) is 114 Å². The summed E-state index contributed by atoms with van der Waals surface area (Å²) in [4.78, 5) is 0. The third-order valence-corrected chi connectivity index (χ3v) is 10.1. The fourth-order valence-corrected chi connectivity index (χ4v) is 7.42. The number of hydrogen-bond acceptors (Lipinski definition) is 2. The second-order valence-corrected chi connectivity index (χ2v) is 15.4. The second kappa shape index (κ2) is 11.2. The monoisotopic (exact) mass is 646 g/mol. The molecule has 242 valence electrons. The molecular formula is C46H38N4. The van der Waals surface area contributed by atoms with E-state index in [0.29, 0.717) is 11.1 Å². The van der Waals surface area contributed by atoms with E-state index in [9.17, 15) is 10.5 Å². The lowest BCUT2D eigenvalue weighted by Gasteiger charge is -2.22. The van der Waals surface area contributed by atoms with Crippen LogP contribution in [-0.4, -0.2) is 9.13 Å². The molecule has 8 rings (SSSR count). The zero-order valence-electron chi connectivity index (χ0n) is 29.3. The van der Waals surface area contributed by atoms with Gasteiger partial charge < -0.3 is 9.13 Å². The Morgan fingerprint density at radius 3 is 1.46 bits per heavy atom. The zero-order chi connectivity index (χ0) is 34.9. The molecule has 0 N–H and O–H groups in total. The van der Waals surface area contributed by atoms with E-state index >= 15 is 0 Å². The standard InChI is InChI=1S/C46H38N4/c1-45(2,3)32-18-20-36-34-14-7-9-16-39(34)49(41(36)24-32)43-23-31(28-48)38(30-13-11-12-29(22-30)27-47)26-44(43)50-40-17-10-8-15-35(40)37-21-19-33(25-42(37)50)46(4,5)6/h7-26H,1-6H3. The van der Waals surface area contributed by atoms with Crippen LogP contribution in [0.1, 0.15) is 63.8 Å². The summed E-state index contributed by atoms with van der Waals surface area (Å²) in [6, 6.07) is 47.4. The Labute approximate surface area is 293 Å². The van der Waals surface area contributed by atoms with Gasteiger partial charge in [0.15, 0.2) is 0 Å².